The molecule has 0 bridgehead atoms. The lowest BCUT2D eigenvalue weighted by Crippen LogP contribution is -2.34. The van der Waals surface area contributed by atoms with Crippen molar-refractivity contribution >= 4 is 16.8 Å². The topological polar surface area (TPSA) is 49.3 Å². The third-order valence-corrected chi connectivity index (χ3v) is 3.16. The Morgan fingerprint density at radius 3 is 2.55 bits per heavy atom. The van der Waals surface area contributed by atoms with Gasteiger partial charge in [0.05, 0.1) is 18.6 Å². The molecule has 2 rings (SSSR count). The average molecular weight is 272 g/mol. The summed E-state index contributed by atoms with van der Waals surface area (Å²) < 4.78 is 0. The molecule has 0 N–H and O–H groups in total. The second-order valence-electron chi connectivity index (χ2n) is 5.20. The molecule has 0 radical (unpaired) electrons. The maximum Gasteiger partial charge on any atom is 0.236 e. The monoisotopic (exact) mass is 272 g/mol. The zero-order valence-electron chi connectivity index (χ0n) is 12.4. The van der Waals surface area contributed by atoms with Gasteiger partial charge >= 0.3 is 0 Å². The van der Waals surface area contributed by atoms with Gasteiger partial charge in [-0.1, -0.05) is 18.2 Å². The van der Waals surface area contributed by atoms with E-state index in [0.29, 0.717) is 13.1 Å². The lowest BCUT2D eigenvalue weighted by Gasteiger charge is -2.18. The average Bonchev–Trinajstić information content (AvgIpc) is 2.38. The Kier molecular flexibility index (Phi) is 4.29. The lowest BCUT2D eigenvalue weighted by atomic mass is 10.2. The van der Waals surface area contributed by atoms with Gasteiger partial charge in [0.1, 0.15) is 5.82 Å². The fourth-order valence-electron chi connectivity index (χ4n) is 2.04. The van der Waals surface area contributed by atoms with Crippen LogP contribution in [0.4, 0.5) is 0 Å². The van der Waals surface area contributed by atoms with E-state index in [1.165, 1.54) is 0 Å². The molecule has 0 spiro atoms. The van der Waals surface area contributed by atoms with E-state index < -0.39 is 0 Å². The summed E-state index contributed by atoms with van der Waals surface area (Å²) in [7, 11) is 5.41. The highest BCUT2D eigenvalue weighted by Gasteiger charge is 2.11. The molecule has 1 amide bonds. The van der Waals surface area contributed by atoms with Crippen molar-refractivity contribution in [2.75, 3.05) is 27.7 Å². The standard InChI is InChI=1S/C15H20N4O/c1-11-12-7-5-6-8-13(12)17-14(16-11)9-19(4)10-15(20)18(2)3/h5-8H,9-10H2,1-4H3. The minimum Gasteiger partial charge on any atom is -0.348 e. The number of hydrogen-bond acceptors (Lipinski definition) is 4. The van der Waals surface area contributed by atoms with E-state index in [9.17, 15) is 4.79 Å². The summed E-state index contributed by atoms with van der Waals surface area (Å²) in [4.78, 5) is 24.2. The molecule has 0 unspecified atom stereocenters. The fraction of sp³-hybridized carbons (Fsp3) is 0.400. The van der Waals surface area contributed by atoms with Crippen LogP contribution in [0.3, 0.4) is 0 Å². The zero-order valence-corrected chi connectivity index (χ0v) is 12.4. The number of rotatable bonds is 4. The van der Waals surface area contributed by atoms with Gasteiger partial charge in [0.15, 0.2) is 0 Å². The number of aryl methyl sites for hydroxylation is 1. The lowest BCUT2D eigenvalue weighted by molar-refractivity contribution is -0.129. The molecule has 0 saturated heterocycles. The Morgan fingerprint density at radius 1 is 1.15 bits per heavy atom. The van der Waals surface area contributed by atoms with Crippen LogP contribution in [-0.4, -0.2) is 53.4 Å². The Labute approximate surface area is 119 Å². The molecule has 0 aliphatic rings. The van der Waals surface area contributed by atoms with Crippen LogP contribution in [-0.2, 0) is 11.3 Å². The van der Waals surface area contributed by atoms with Gasteiger partial charge in [-0.05, 0) is 20.0 Å². The quantitative estimate of drug-likeness (QED) is 0.845. The van der Waals surface area contributed by atoms with E-state index in [0.717, 1.165) is 22.4 Å². The smallest absolute Gasteiger partial charge is 0.236 e. The van der Waals surface area contributed by atoms with Gasteiger partial charge in [0, 0.05) is 25.2 Å². The Morgan fingerprint density at radius 2 is 1.85 bits per heavy atom. The van der Waals surface area contributed by atoms with E-state index in [2.05, 4.69) is 9.97 Å². The van der Waals surface area contributed by atoms with E-state index >= 15 is 0 Å². The van der Waals surface area contributed by atoms with Crippen LogP contribution in [0.5, 0.6) is 0 Å². The minimum atomic E-state index is 0.0741. The van der Waals surface area contributed by atoms with Crippen LogP contribution in [0.1, 0.15) is 11.5 Å². The van der Waals surface area contributed by atoms with Crippen LogP contribution in [0, 0.1) is 6.92 Å². The zero-order chi connectivity index (χ0) is 14.7. The van der Waals surface area contributed by atoms with Crippen molar-refractivity contribution in [3.63, 3.8) is 0 Å². The predicted molar refractivity (Wildman–Crippen MR) is 79.3 cm³/mol. The summed E-state index contributed by atoms with van der Waals surface area (Å²) in [5, 5.41) is 1.07. The highest BCUT2D eigenvalue weighted by Crippen LogP contribution is 2.15. The minimum absolute atomic E-state index is 0.0741. The maximum atomic E-state index is 11.7. The molecule has 0 saturated carbocycles. The molecule has 5 nitrogen and oxygen atoms in total. The Hall–Kier alpha value is -2.01. The summed E-state index contributed by atoms with van der Waals surface area (Å²) in [6, 6.07) is 7.96. The van der Waals surface area contributed by atoms with Crippen molar-refractivity contribution in [3.05, 3.63) is 35.8 Å². The highest BCUT2D eigenvalue weighted by atomic mass is 16.2. The maximum absolute atomic E-state index is 11.7. The molecule has 0 aliphatic heterocycles. The normalized spacial score (nSPS) is 11.1. The van der Waals surface area contributed by atoms with Crippen molar-refractivity contribution in [2.24, 2.45) is 0 Å². The SMILES string of the molecule is Cc1nc(CN(C)CC(=O)N(C)C)nc2ccccc12. The van der Waals surface area contributed by atoms with Crippen LogP contribution in [0.2, 0.25) is 0 Å². The van der Waals surface area contributed by atoms with Crippen molar-refractivity contribution in [1.82, 2.24) is 19.8 Å². The number of fused-ring (bicyclic) bond motifs is 1. The molecule has 5 heteroatoms. The Bertz CT molecular complexity index is 624. The summed E-state index contributed by atoms with van der Waals surface area (Å²) in [6.45, 7) is 2.91. The van der Waals surface area contributed by atoms with Crippen LogP contribution >= 0.6 is 0 Å². The molecular weight excluding hydrogens is 252 g/mol. The van der Waals surface area contributed by atoms with Crippen molar-refractivity contribution in [2.45, 2.75) is 13.5 Å². The predicted octanol–water partition coefficient (Wildman–Crippen LogP) is 1.46. The van der Waals surface area contributed by atoms with Crippen molar-refractivity contribution < 1.29 is 4.79 Å². The van der Waals surface area contributed by atoms with Gasteiger partial charge in [-0.3, -0.25) is 9.69 Å². The number of benzene rings is 1. The van der Waals surface area contributed by atoms with Gasteiger partial charge < -0.3 is 4.90 Å². The number of carbonyl (C=O) groups excluding carboxylic acids is 1. The molecule has 1 aromatic heterocycles. The van der Waals surface area contributed by atoms with Crippen LogP contribution < -0.4 is 0 Å². The van der Waals surface area contributed by atoms with E-state index in [1.807, 2.05) is 43.1 Å². The summed E-state index contributed by atoms with van der Waals surface area (Å²) in [5.41, 5.74) is 1.92. The molecule has 0 fully saturated rings. The number of para-hydroxylation sites is 1. The number of aromatic nitrogens is 2. The first-order chi connectivity index (χ1) is 9.47. The molecule has 1 heterocycles. The molecular formula is C15H20N4O. The summed E-state index contributed by atoms with van der Waals surface area (Å²) >= 11 is 0. The van der Waals surface area contributed by atoms with E-state index in [-0.39, 0.29) is 5.91 Å². The van der Waals surface area contributed by atoms with Crippen LogP contribution in [0.25, 0.3) is 10.9 Å². The number of hydrogen-bond donors (Lipinski definition) is 0. The molecule has 0 aliphatic carbocycles. The van der Waals surface area contributed by atoms with Gasteiger partial charge in [-0.25, -0.2) is 9.97 Å². The summed E-state index contributed by atoms with van der Waals surface area (Å²) in [6.07, 6.45) is 0. The summed E-state index contributed by atoms with van der Waals surface area (Å²) in [5.74, 6) is 0.820. The largest absolute Gasteiger partial charge is 0.348 e. The molecule has 1 aromatic carbocycles. The molecule has 20 heavy (non-hydrogen) atoms. The molecule has 2 aromatic rings. The highest BCUT2D eigenvalue weighted by molar-refractivity contribution is 5.80. The van der Waals surface area contributed by atoms with Crippen molar-refractivity contribution in [1.29, 1.82) is 0 Å². The third-order valence-electron chi connectivity index (χ3n) is 3.16. The van der Waals surface area contributed by atoms with E-state index in [4.69, 9.17) is 0 Å². The van der Waals surface area contributed by atoms with Gasteiger partial charge in [0.2, 0.25) is 5.91 Å². The number of amides is 1. The first-order valence-electron chi connectivity index (χ1n) is 6.58. The first-order valence-corrected chi connectivity index (χ1v) is 6.58. The van der Waals surface area contributed by atoms with E-state index in [1.54, 1.807) is 19.0 Å². The number of carbonyl (C=O) groups is 1. The fourth-order valence-corrected chi connectivity index (χ4v) is 2.04. The number of nitrogens with zero attached hydrogens (tertiary/aromatic N) is 4. The second-order valence-corrected chi connectivity index (χ2v) is 5.20. The first kappa shape index (κ1) is 14.4. The Balaban J connectivity index is 2.15. The van der Waals surface area contributed by atoms with Gasteiger partial charge in [0.25, 0.3) is 0 Å². The van der Waals surface area contributed by atoms with Crippen molar-refractivity contribution in [3.8, 4) is 0 Å². The second kappa shape index (κ2) is 5.96. The number of likely N-dealkylation sites (N-methyl/N-ethyl adjacent to an activating group) is 2. The van der Waals surface area contributed by atoms with Crippen LogP contribution in [0.15, 0.2) is 24.3 Å². The van der Waals surface area contributed by atoms with Gasteiger partial charge in [-0.2, -0.15) is 0 Å². The molecule has 0 atom stereocenters. The molecule has 106 valence electrons. The van der Waals surface area contributed by atoms with Gasteiger partial charge in [-0.15, -0.1) is 0 Å². The third kappa shape index (κ3) is 3.30.